The number of rotatable bonds is 4. The van der Waals surface area contributed by atoms with E-state index in [1.807, 2.05) is 87.6 Å². The number of nitrogens with zero attached hydrogens (tertiary/aromatic N) is 3. The van der Waals surface area contributed by atoms with E-state index < -0.39 is 17.7 Å². The van der Waals surface area contributed by atoms with Crippen LogP contribution in [-0.4, -0.2) is 38.7 Å². The quantitative estimate of drug-likeness (QED) is 0.323. The number of hydrogen-bond donors (Lipinski definition) is 0. The van der Waals surface area contributed by atoms with Crippen LogP contribution in [0.5, 0.6) is 0 Å². The van der Waals surface area contributed by atoms with Gasteiger partial charge in [-0.1, -0.05) is 36.4 Å². The Labute approximate surface area is 204 Å². The number of carbonyl (C=O) groups excluding carboxylic acids is 2. The maximum atomic E-state index is 13.4. The third-order valence-corrected chi connectivity index (χ3v) is 5.48. The number of fused-ring (bicyclic) bond motifs is 1. The number of aromatic nitrogens is 3. The van der Waals surface area contributed by atoms with Crippen LogP contribution in [0.4, 0.5) is 4.79 Å². The summed E-state index contributed by atoms with van der Waals surface area (Å²) in [7, 11) is 1.35. The van der Waals surface area contributed by atoms with Crippen LogP contribution in [0.3, 0.4) is 0 Å². The third-order valence-electron chi connectivity index (χ3n) is 5.48. The molecule has 0 atom stereocenters. The van der Waals surface area contributed by atoms with Gasteiger partial charge in [0.15, 0.2) is 0 Å². The van der Waals surface area contributed by atoms with Gasteiger partial charge in [0, 0.05) is 11.8 Å². The predicted molar refractivity (Wildman–Crippen MR) is 136 cm³/mol. The number of esters is 1. The maximum Gasteiger partial charge on any atom is 0.419 e. The van der Waals surface area contributed by atoms with Crippen LogP contribution in [-0.2, 0) is 9.47 Å². The van der Waals surface area contributed by atoms with E-state index in [9.17, 15) is 9.59 Å². The minimum absolute atomic E-state index is 0.393. The summed E-state index contributed by atoms with van der Waals surface area (Å²) >= 11 is 0. The van der Waals surface area contributed by atoms with Gasteiger partial charge in [-0.2, -0.15) is 0 Å². The van der Waals surface area contributed by atoms with Crippen molar-refractivity contribution in [2.24, 2.45) is 0 Å². The second kappa shape index (κ2) is 9.25. The molecule has 0 aliphatic carbocycles. The number of pyridine rings is 1. The van der Waals surface area contributed by atoms with E-state index in [1.54, 1.807) is 22.9 Å². The van der Waals surface area contributed by atoms with E-state index in [0.29, 0.717) is 22.6 Å². The molecule has 35 heavy (non-hydrogen) atoms. The first-order chi connectivity index (χ1) is 16.6. The molecule has 7 nitrogen and oxygen atoms in total. The zero-order chi connectivity index (χ0) is 25.3. The predicted octanol–water partition coefficient (Wildman–Crippen LogP) is 6.38. The fourth-order valence-corrected chi connectivity index (χ4v) is 4.03. The second-order valence-corrected chi connectivity index (χ2v) is 9.22. The highest BCUT2D eigenvalue weighted by Gasteiger charge is 2.27. The molecule has 4 aromatic rings. The van der Waals surface area contributed by atoms with Gasteiger partial charge in [-0.05, 0) is 64.5 Å². The van der Waals surface area contributed by atoms with Crippen LogP contribution in [0.15, 0.2) is 60.8 Å². The lowest BCUT2D eigenvalue weighted by atomic mass is 10.1. The van der Waals surface area contributed by atoms with Gasteiger partial charge >= 0.3 is 12.1 Å². The van der Waals surface area contributed by atoms with E-state index in [-0.39, 0.29) is 0 Å². The average Bonchev–Trinajstić information content (AvgIpc) is 3.35. The Bertz CT molecular complexity index is 1440. The maximum absolute atomic E-state index is 13.4. The smallest absolute Gasteiger partial charge is 0.419 e. The van der Waals surface area contributed by atoms with Crippen LogP contribution >= 0.6 is 0 Å². The van der Waals surface area contributed by atoms with Crippen molar-refractivity contribution in [3.63, 3.8) is 0 Å². The number of benzene rings is 1. The molecule has 3 heterocycles. The fourth-order valence-electron chi connectivity index (χ4n) is 4.03. The SMILES string of the molecule is C/C=C\c1c(C)cc(-c2nc3cc(C(=O)OC)ccn3c2-c2ccccc2)n1C(=O)OC(C)(C)C. The molecular weight excluding hydrogens is 442 g/mol. The number of aryl methyl sites for hydroxylation is 1. The number of ether oxygens (including phenoxy) is 2. The molecule has 0 aliphatic rings. The molecule has 0 amide bonds. The summed E-state index contributed by atoms with van der Waals surface area (Å²) in [6.07, 6.45) is 5.08. The summed E-state index contributed by atoms with van der Waals surface area (Å²) in [5.41, 5.74) is 4.84. The monoisotopic (exact) mass is 471 g/mol. The lowest BCUT2D eigenvalue weighted by Gasteiger charge is -2.21. The number of imidazole rings is 1. The molecule has 180 valence electrons. The van der Waals surface area contributed by atoms with Crippen LogP contribution in [0.2, 0.25) is 0 Å². The Morgan fingerprint density at radius 3 is 2.40 bits per heavy atom. The Morgan fingerprint density at radius 2 is 1.77 bits per heavy atom. The molecule has 0 spiro atoms. The molecular formula is C28H29N3O4. The van der Waals surface area contributed by atoms with E-state index in [4.69, 9.17) is 14.5 Å². The minimum Gasteiger partial charge on any atom is -0.465 e. The van der Waals surface area contributed by atoms with E-state index in [0.717, 1.165) is 22.5 Å². The van der Waals surface area contributed by atoms with Crippen LogP contribution in [0.1, 0.15) is 49.3 Å². The molecule has 7 heteroatoms. The Kier molecular flexibility index (Phi) is 6.35. The molecule has 3 aromatic heterocycles. The van der Waals surface area contributed by atoms with E-state index in [2.05, 4.69) is 0 Å². The standard InChI is InChI=1S/C28H29N3O4/c1-7-11-21-18(2)16-22(31(21)27(33)35-28(3,4)5)24-25(19-12-9-8-10-13-19)30-15-14-20(26(32)34-6)17-23(30)29-24/h7-17H,1-6H3/b11-7-. The molecule has 0 aliphatic heterocycles. The number of allylic oxidation sites excluding steroid dienone is 1. The lowest BCUT2D eigenvalue weighted by molar-refractivity contribution is 0.0537. The largest absolute Gasteiger partial charge is 0.465 e. The van der Waals surface area contributed by atoms with Crippen LogP contribution in [0, 0.1) is 6.92 Å². The Morgan fingerprint density at radius 1 is 1.06 bits per heavy atom. The van der Waals surface area contributed by atoms with Crippen LogP contribution < -0.4 is 0 Å². The summed E-state index contributed by atoms with van der Waals surface area (Å²) in [6, 6.07) is 15.1. The summed E-state index contributed by atoms with van der Waals surface area (Å²) in [4.78, 5) is 30.5. The summed E-state index contributed by atoms with van der Waals surface area (Å²) in [5.74, 6) is -0.443. The highest BCUT2D eigenvalue weighted by atomic mass is 16.6. The van der Waals surface area contributed by atoms with Crippen molar-refractivity contribution < 1.29 is 19.1 Å². The van der Waals surface area contributed by atoms with E-state index >= 15 is 0 Å². The highest BCUT2D eigenvalue weighted by molar-refractivity contribution is 5.92. The molecule has 0 radical (unpaired) electrons. The molecule has 0 saturated heterocycles. The molecule has 0 saturated carbocycles. The number of carbonyl (C=O) groups is 2. The zero-order valence-electron chi connectivity index (χ0n) is 20.8. The topological polar surface area (TPSA) is 74.8 Å². The first-order valence-electron chi connectivity index (χ1n) is 11.4. The van der Waals surface area contributed by atoms with Crippen molar-refractivity contribution in [1.82, 2.24) is 14.0 Å². The van der Waals surface area contributed by atoms with Crippen molar-refractivity contribution in [2.75, 3.05) is 7.11 Å². The summed E-state index contributed by atoms with van der Waals surface area (Å²) in [6.45, 7) is 9.37. The van der Waals surface area contributed by atoms with Gasteiger partial charge in [-0.15, -0.1) is 0 Å². The molecule has 4 rings (SSSR count). The van der Waals surface area contributed by atoms with Gasteiger partial charge < -0.3 is 9.47 Å². The average molecular weight is 472 g/mol. The van der Waals surface area contributed by atoms with Gasteiger partial charge in [0.05, 0.1) is 29.8 Å². The molecule has 0 N–H and O–H groups in total. The van der Waals surface area contributed by atoms with Crippen LogP contribution in [0.25, 0.3) is 34.4 Å². The Balaban J connectivity index is 2.05. The first kappa shape index (κ1) is 24.0. The Hall–Kier alpha value is -4.13. The highest BCUT2D eigenvalue weighted by Crippen LogP contribution is 2.36. The molecule has 1 aromatic carbocycles. The van der Waals surface area contributed by atoms with Gasteiger partial charge in [0.2, 0.25) is 0 Å². The summed E-state index contributed by atoms with van der Waals surface area (Å²) in [5, 5.41) is 0. The van der Waals surface area contributed by atoms with Gasteiger partial charge in [0.25, 0.3) is 0 Å². The van der Waals surface area contributed by atoms with Gasteiger partial charge in [-0.3, -0.25) is 4.40 Å². The summed E-state index contributed by atoms with van der Waals surface area (Å²) < 4.78 is 14.1. The lowest BCUT2D eigenvalue weighted by Crippen LogP contribution is -2.28. The number of methoxy groups -OCH3 is 1. The van der Waals surface area contributed by atoms with Crippen molar-refractivity contribution in [2.45, 2.75) is 40.2 Å². The van der Waals surface area contributed by atoms with Gasteiger partial charge in [0.1, 0.15) is 16.9 Å². The minimum atomic E-state index is -0.670. The van der Waals surface area contributed by atoms with Crippen molar-refractivity contribution >= 4 is 23.8 Å². The van der Waals surface area contributed by atoms with Gasteiger partial charge in [-0.25, -0.2) is 19.1 Å². The van der Waals surface area contributed by atoms with E-state index in [1.165, 1.54) is 7.11 Å². The molecule has 0 bridgehead atoms. The zero-order valence-corrected chi connectivity index (χ0v) is 20.8. The molecule has 0 fully saturated rings. The normalized spacial score (nSPS) is 11.8. The van der Waals surface area contributed by atoms with Crippen molar-refractivity contribution in [1.29, 1.82) is 0 Å². The molecule has 0 unspecified atom stereocenters. The third kappa shape index (κ3) is 4.62. The number of hydrogen-bond acceptors (Lipinski definition) is 5. The van der Waals surface area contributed by atoms with Crippen molar-refractivity contribution in [3.05, 3.63) is 77.6 Å². The fraction of sp³-hybridized carbons (Fsp3) is 0.250. The van der Waals surface area contributed by atoms with Crippen molar-refractivity contribution in [3.8, 4) is 22.6 Å². The second-order valence-electron chi connectivity index (χ2n) is 9.22. The first-order valence-corrected chi connectivity index (χ1v) is 11.4.